The van der Waals surface area contributed by atoms with Gasteiger partial charge in [-0.25, -0.2) is 4.79 Å². The Hall–Kier alpha value is -1.74. The Morgan fingerprint density at radius 3 is 2.57 bits per heavy atom. The summed E-state index contributed by atoms with van der Waals surface area (Å²) < 4.78 is 0. The first kappa shape index (κ1) is 15.6. The van der Waals surface area contributed by atoms with Gasteiger partial charge in [0, 0.05) is 10.5 Å². The highest BCUT2D eigenvalue weighted by molar-refractivity contribution is 7.99. The van der Waals surface area contributed by atoms with Crippen molar-refractivity contribution in [3.05, 3.63) is 54.6 Å². The molecule has 0 aliphatic carbocycles. The van der Waals surface area contributed by atoms with E-state index in [1.54, 1.807) is 0 Å². The molecule has 0 spiro atoms. The minimum absolute atomic E-state index is 0.317. The van der Waals surface area contributed by atoms with E-state index in [0.717, 1.165) is 25.0 Å². The van der Waals surface area contributed by atoms with E-state index in [-0.39, 0.29) is 0 Å². The molecule has 1 N–H and O–H groups in total. The van der Waals surface area contributed by atoms with Crippen LogP contribution in [0.1, 0.15) is 25.7 Å². The highest BCUT2D eigenvalue weighted by atomic mass is 32.2. The SMILES string of the molecule is C=C(CCCCCSc1ccc2ccccc2c1)C(=O)O. The molecule has 2 nitrogen and oxygen atoms in total. The van der Waals surface area contributed by atoms with Crippen molar-refractivity contribution in [2.24, 2.45) is 0 Å². The number of carboxylic acids is 1. The highest BCUT2D eigenvalue weighted by Gasteiger charge is 2.03. The van der Waals surface area contributed by atoms with E-state index in [1.165, 1.54) is 15.7 Å². The van der Waals surface area contributed by atoms with Gasteiger partial charge in [-0.3, -0.25) is 0 Å². The zero-order valence-electron chi connectivity index (χ0n) is 12.0. The normalized spacial score (nSPS) is 10.7. The molecule has 0 radical (unpaired) electrons. The molecule has 2 rings (SSSR count). The maximum absolute atomic E-state index is 10.6. The summed E-state index contributed by atoms with van der Waals surface area (Å²) in [6.45, 7) is 3.54. The van der Waals surface area contributed by atoms with E-state index < -0.39 is 5.97 Å². The van der Waals surface area contributed by atoms with Gasteiger partial charge in [-0.1, -0.05) is 43.3 Å². The van der Waals surface area contributed by atoms with E-state index in [1.807, 2.05) is 11.8 Å². The molecule has 0 aliphatic heterocycles. The lowest BCUT2D eigenvalue weighted by atomic mass is 10.1. The second-order valence-corrected chi connectivity index (χ2v) is 6.25. The number of aliphatic carboxylic acids is 1. The summed E-state index contributed by atoms with van der Waals surface area (Å²) in [6.07, 6.45) is 3.65. The van der Waals surface area contributed by atoms with Gasteiger partial charge in [0.1, 0.15) is 0 Å². The average molecular weight is 300 g/mol. The van der Waals surface area contributed by atoms with Gasteiger partial charge in [0.05, 0.1) is 0 Å². The maximum atomic E-state index is 10.6. The van der Waals surface area contributed by atoms with Crippen LogP contribution < -0.4 is 0 Å². The molecule has 0 aromatic heterocycles. The van der Waals surface area contributed by atoms with Gasteiger partial charge in [0.15, 0.2) is 0 Å². The number of hydrogen-bond donors (Lipinski definition) is 1. The minimum atomic E-state index is -0.875. The lowest BCUT2D eigenvalue weighted by Crippen LogP contribution is -1.98. The van der Waals surface area contributed by atoms with Crippen LogP contribution in [-0.2, 0) is 4.79 Å². The highest BCUT2D eigenvalue weighted by Crippen LogP contribution is 2.24. The number of carboxylic acid groups (broad SMARTS) is 1. The van der Waals surface area contributed by atoms with Crippen LogP contribution in [0.2, 0.25) is 0 Å². The smallest absolute Gasteiger partial charge is 0.330 e. The molecule has 2 aromatic carbocycles. The average Bonchev–Trinajstić information content (AvgIpc) is 2.50. The van der Waals surface area contributed by atoms with Gasteiger partial charge in [0.25, 0.3) is 0 Å². The number of unbranched alkanes of at least 4 members (excludes halogenated alkanes) is 2. The topological polar surface area (TPSA) is 37.3 Å². The predicted molar refractivity (Wildman–Crippen MR) is 89.9 cm³/mol. The molecule has 0 heterocycles. The lowest BCUT2D eigenvalue weighted by molar-refractivity contribution is -0.132. The Kier molecular flexibility index (Phi) is 5.88. The summed E-state index contributed by atoms with van der Waals surface area (Å²) in [7, 11) is 0. The van der Waals surface area contributed by atoms with Crippen molar-refractivity contribution < 1.29 is 9.90 Å². The molecule has 0 atom stereocenters. The maximum Gasteiger partial charge on any atom is 0.330 e. The van der Waals surface area contributed by atoms with Crippen molar-refractivity contribution in [3.63, 3.8) is 0 Å². The third-order valence-electron chi connectivity index (χ3n) is 3.42. The number of benzene rings is 2. The van der Waals surface area contributed by atoms with Crippen LogP contribution in [0, 0.1) is 0 Å². The molecule has 0 saturated heterocycles. The number of thioether (sulfide) groups is 1. The molecule has 2 aromatic rings. The summed E-state index contributed by atoms with van der Waals surface area (Å²) in [5.41, 5.74) is 0.317. The van der Waals surface area contributed by atoms with E-state index in [4.69, 9.17) is 5.11 Å². The fourth-order valence-corrected chi connectivity index (χ4v) is 3.13. The Balaban J connectivity index is 1.70. The molecule has 21 heavy (non-hydrogen) atoms. The quantitative estimate of drug-likeness (QED) is 0.417. The molecular formula is C18H20O2S. The number of carbonyl (C=O) groups is 1. The van der Waals surface area contributed by atoms with Crippen LogP contribution in [0.5, 0.6) is 0 Å². The summed E-state index contributed by atoms with van der Waals surface area (Å²) in [5.74, 6) is 0.193. The first-order valence-electron chi connectivity index (χ1n) is 7.19. The van der Waals surface area contributed by atoms with Crippen LogP contribution in [0.25, 0.3) is 10.8 Å². The van der Waals surface area contributed by atoms with Crippen LogP contribution in [0.15, 0.2) is 59.5 Å². The Bertz CT molecular complexity index is 634. The zero-order valence-corrected chi connectivity index (χ0v) is 12.9. The van der Waals surface area contributed by atoms with Crippen LogP contribution >= 0.6 is 11.8 Å². The third kappa shape index (κ3) is 4.94. The largest absolute Gasteiger partial charge is 0.478 e. The van der Waals surface area contributed by atoms with E-state index in [2.05, 4.69) is 49.0 Å². The second-order valence-electron chi connectivity index (χ2n) is 5.08. The van der Waals surface area contributed by atoms with Crippen LogP contribution in [0.4, 0.5) is 0 Å². The van der Waals surface area contributed by atoms with Gasteiger partial charge in [0.2, 0.25) is 0 Å². The van der Waals surface area contributed by atoms with Crippen molar-refractivity contribution in [1.29, 1.82) is 0 Å². The third-order valence-corrected chi connectivity index (χ3v) is 4.50. The van der Waals surface area contributed by atoms with Crippen molar-refractivity contribution in [3.8, 4) is 0 Å². The number of rotatable bonds is 8. The Morgan fingerprint density at radius 2 is 1.81 bits per heavy atom. The molecular weight excluding hydrogens is 280 g/mol. The van der Waals surface area contributed by atoms with Gasteiger partial charge in [-0.05, 0) is 47.9 Å². The molecule has 110 valence electrons. The zero-order chi connectivity index (χ0) is 15.1. The van der Waals surface area contributed by atoms with Gasteiger partial charge in [-0.15, -0.1) is 11.8 Å². The first-order chi connectivity index (χ1) is 10.2. The molecule has 3 heteroatoms. The Labute approximate surface area is 129 Å². The fourth-order valence-electron chi connectivity index (χ4n) is 2.17. The minimum Gasteiger partial charge on any atom is -0.478 e. The first-order valence-corrected chi connectivity index (χ1v) is 8.18. The van der Waals surface area contributed by atoms with E-state index in [9.17, 15) is 4.79 Å². The molecule has 0 fully saturated rings. The fraction of sp³-hybridized carbons (Fsp3) is 0.278. The van der Waals surface area contributed by atoms with E-state index >= 15 is 0 Å². The van der Waals surface area contributed by atoms with Gasteiger partial charge in [-0.2, -0.15) is 0 Å². The molecule has 0 aliphatic rings. The monoisotopic (exact) mass is 300 g/mol. The Morgan fingerprint density at radius 1 is 1.05 bits per heavy atom. The summed E-state index contributed by atoms with van der Waals surface area (Å²) >= 11 is 1.86. The van der Waals surface area contributed by atoms with Gasteiger partial charge < -0.3 is 5.11 Å². The standard InChI is InChI=1S/C18H20O2S/c1-14(18(19)20)7-3-2-6-12-21-17-11-10-15-8-4-5-9-16(15)13-17/h4-5,8-11,13H,1-3,6-7,12H2,(H,19,20). The number of fused-ring (bicyclic) bond motifs is 1. The number of hydrogen-bond acceptors (Lipinski definition) is 2. The predicted octanol–water partition coefficient (Wildman–Crippen LogP) is 5.13. The summed E-state index contributed by atoms with van der Waals surface area (Å²) in [6, 6.07) is 14.9. The van der Waals surface area contributed by atoms with Crippen molar-refractivity contribution >= 4 is 28.5 Å². The van der Waals surface area contributed by atoms with Gasteiger partial charge >= 0.3 is 5.97 Å². The van der Waals surface area contributed by atoms with Crippen LogP contribution in [-0.4, -0.2) is 16.8 Å². The lowest BCUT2D eigenvalue weighted by Gasteiger charge is -2.04. The van der Waals surface area contributed by atoms with Crippen molar-refractivity contribution in [2.45, 2.75) is 30.6 Å². The van der Waals surface area contributed by atoms with Crippen molar-refractivity contribution in [1.82, 2.24) is 0 Å². The molecule has 0 saturated carbocycles. The van der Waals surface area contributed by atoms with Crippen molar-refractivity contribution in [2.75, 3.05) is 5.75 Å². The van der Waals surface area contributed by atoms with E-state index in [0.29, 0.717) is 12.0 Å². The summed E-state index contributed by atoms with van der Waals surface area (Å²) in [5, 5.41) is 11.3. The second kappa shape index (κ2) is 7.89. The van der Waals surface area contributed by atoms with Crippen LogP contribution in [0.3, 0.4) is 0 Å². The summed E-state index contributed by atoms with van der Waals surface area (Å²) in [4.78, 5) is 11.9. The molecule has 0 unspecified atom stereocenters. The molecule has 0 amide bonds. The molecule has 0 bridgehead atoms.